The molecule has 0 aliphatic rings. The highest BCUT2D eigenvalue weighted by Gasteiger charge is 2.39. The molecule has 0 aliphatic carbocycles. The first kappa shape index (κ1) is 62.9. The maximum absolute atomic E-state index is 11.9. The van der Waals surface area contributed by atoms with Gasteiger partial charge in [0.2, 0.25) is 18.1 Å². The van der Waals surface area contributed by atoms with Crippen molar-refractivity contribution in [2.45, 2.75) is 237 Å². The lowest BCUT2D eigenvalue weighted by molar-refractivity contribution is 0.514. The molecule has 0 radical (unpaired) electrons. The summed E-state index contributed by atoms with van der Waals surface area (Å²) in [6, 6.07) is 28.2. The lowest BCUT2D eigenvalue weighted by Crippen LogP contribution is -2.21. The summed E-state index contributed by atoms with van der Waals surface area (Å²) in [6.45, 7) is 65.0. The fourth-order valence-corrected chi connectivity index (χ4v) is 12.9. The molecular formula is C72H100O4P2. The summed E-state index contributed by atoms with van der Waals surface area (Å²) >= 11 is 0. The van der Waals surface area contributed by atoms with Crippen molar-refractivity contribution in [1.82, 2.24) is 0 Å². The first-order chi connectivity index (χ1) is 35.3. The van der Waals surface area contributed by atoms with Gasteiger partial charge in [0.15, 0.2) is 0 Å². The van der Waals surface area contributed by atoms with E-state index in [1.54, 1.807) is 0 Å². The van der Waals surface area contributed by atoms with Gasteiger partial charge in [-0.1, -0.05) is 227 Å². The Morgan fingerprint density at radius 1 is 0.282 bits per heavy atom. The fraction of sp³-hybridized carbons (Fsp3) is 0.500. The van der Waals surface area contributed by atoms with Crippen LogP contribution in [0.4, 0.5) is 0 Å². The van der Waals surface area contributed by atoms with Gasteiger partial charge in [0, 0.05) is 22.3 Å². The number of rotatable bonds is 9. The second kappa shape index (κ2) is 21.5. The zero-order valence-corrected chi connectivity index (χ0v) is 55.6. The smallest absolute Gasteiger partial charge is 0.212 e. The van der Waals surface area contributed by atoms with Crippen LogP contribution in [0.25, 0.3) is 55.6 Å². The summed E-state index contributed by atoms with van der Waals surface area (Å²) in [7, 11) is -1.56. The van der Waals surface area contributed by atoms with Gasteiger partial charge in [0.25, 0.3) is 0 Å². The minimum atomic E-state index is -0.865. The number of aryl methyl sites for hydroxylation is 4. The van der Waals surface area contributed by atoms with Crippen molar-refractivity contribution in [3.8, 4) is 67.1 Å². The second-order valence-corrected chi connectivity index (χ2v) is 31.7. The van der Waals surface area contributed by atoms with E-state index in [0.717, 1.165) is 55.6 Å². The molecule has 0 amide bonds. The van der Waals surface area contributed by atoms with Gasteiger partial charge in [-0.05, 0) is 183 Å². The third kappa shape index (κ3) is 12.7. The van der Waals surface area contributed by atoms with Gasteiger partial charge in [0.1, 0.15) is 11.5 Å². The van der Waals surface area contributed by atoms with Crippen LogP contribution >= 0.6 is 18.1 Å². The SMILES string of the molecule is Cc1cc(-c2c(OPO)c(-c3cc(C)c(C(C)(C)C)cc3C(C)(C)C)c(-c3cc(C)c(C(C)(C)C)cc3C(C)(C)C)c(-c3ccc(OPO)cc3)c2-c2cc(C)c(C(C)(C)C)cc2C(C)(C)C)c(C(C)(C)C)cc1C(C)(C)C. The Labute approximate surface area is 478 Å². The molecule has 0 saturated carbocycles. The fourth-order valence-electron chi connectivity index (χ4n) is 12.3. The van der Waals surface area contributed by atoms with Crippen LogP contribution in [-0.4, -0.2) is 9.79 Å². The molecule has 0 fully saturated rings. The molecule has 0 heterocycles. The molecule has 0 spiro atoms. The Morgan fingerprint density at radius 3 is 0.731 bits per heavy atom. The van der Waals surface area contributed by atoms with Crippen molar-refractivity contribution in [2.24, 2.45) is 0 Å². The van der Waals surface area contributed by atoms with Crippen LogP contribution in [0.15, 0.2) is 72.8 Å². The molecule has 6 aromatic carbocycles. The van der Waals surface area contributed by atoms with Crippen molar-refractivity contribution in [3.63, 3.8) is 0 Å². The van der Waals surface area contributed by atoms with E-state index in [1.165, 1.54) is 66.8 Å². The highest BCUT2D eigenvalue weighted by molar-refractivity contribution is 7.25. The third-order valence-corrected chi connectivity index (χ3v) is 16.5. The summed E-state index contributed by atoms with van der Waals surface area (Å²) in [4.78, 5) is 22.1. The Hall–Kier alpha value is -4.30. The molecule has 6 heteroatoms. The quantitative estimate of drug-likeness (QED) is 0.142. The predicted octanol–water partition coefficient (Wildman–Crippen LogP) is 21.4. The van der Waals surface area contributed by atoms with E-state index in [1.807, 2.05) is 12.1 Å². The van der Waals surface area contributed by atoms with E-state index < -0.39 is 18.1 Å². The first-order valence-corrected chi connectivity index (χ1v) is 30.2. The first-order valence-electron chi connectivity index (χ1n) is 28.5. The molecule has 4 nitrogen and oxygen atoms in total. The van der Waals surface area contributed by atoms with Gasteiger partial charge in [-0.15, -0.1) is 0 Å². The van der Waals surface area contributed by atoms with Gasteiger partial charge in [-0.25, -0.2) is 0 Å². The standard InChI is InChI=1S/C72H100O4P2/c1-41-33-47(55(69(17,18)19)37-51(41)65(5,6)7)60-59(45-29-31-46(32-30-45)75-77-73)61(48-34-42(2)52(66(8,9)10)38-56(48)70(20,21)22)63(50-36-44(4)54(68(14,15)16)40-58(50)72(26,27)28)64(76-78-74)62(60)49-35-43(3)53(67(11,12)13)39-57(49)71(23,24)25/h29-40,73-74,77-78H,1-28H3. The maximum atomic E-state index is 11.9. The lowest BCUT2D eigenvalue weighted by atomic mass is 9.67. The van der Waals surface area contributed by atoms with E-state index >= 15 is 0 Å². The number of hydrogen-bond acceptors (Lipinski definition) is 4. The van der Waals surface area contributed by atoms with Crippen LogP contribution in [-0.2, 0) is 43.3 Å². The molecule has 2 atom stereocenters. The molecule has 422 valence electrons. The molecular weight excluding hydrogens is 991 g/mol. The summed E-state index contributed by atoms with van der Waals surface area (Å²) in [5.74, 6) is 1.26. The Kier molecular flexibility index (Phi) is 17.4. The third-order valence-electron chi connectivity index (χ3n) is 15.9. The predicted molar refractivity (Wildman–Crippen MR) is 344 cm³/mol. The van der Waals surface area contributed by atoms with Gasteiger partial charge in [-0.3, -0.25) is 0 Å². The van der Waals surface area contributed by atoms with Crippen LogP contribution < -0.4 is 9.05 Å². The monoisotopic (exact) mass is 1090 g/mol. The second-order valence-electron chi connectivity index (χ2n) is 31.0. The van der Waals surface area contributed by atoms with Crippen LogP contribution in [0.3, 0.4) is 0 Å². The van der Waals surface area contributed by atoms with Crippen molar-refractivity contribution in [1.29, 1.82) is 0 Å². The van der Waals surface area contributed by atoms with E-state index in [9.17, 15) is 9.79 Å². The largest absolute Gasteiger partial charge is 0.450 e. The minimum Gasteiger partial charge on any atom is -0.450 e. The summed E-state index contributed by atoms with van der Waals surface area (Å²) in [5, 5.41) is 0. The highest BCUT2D eigenvalue weighted by Crippen LogP contribution is 2.62. The van der Waals surface area contributed by atoms with Crippen molar-refractivity contribution < 1.29 is 18.8 Å². The van der Waals surface area contributed by atoms with E-state index in [2.05, 4.69) is 255 Å². The molecule has 2 N–H and O–H groups in total. The molecule has 0 bridgehead atoms. The van der Waals surface area contributed by atoms with Crippen molar-refractivity contribution >= 4 is 18.1 Å². The molecule has 6 aromatic rings. The van der Waals surface area contributed by atoms with Gasteiger partial charge >= 0.3 is 0 Å². The molecule has 2 unspecified atom stereocenters. The average Bonchev–Trinajstić information content (AvgIpc) is 3.25. The van der Waals surface area contributed by atoms with Gasteiger partial charge < -0.3 is 18.8 Å². The van der Waals surface area contributed by atoms with Crippen LogP contribution in [0.1, 0.15) is 233 Å². The Balaban J connectivity index is 2.27. The van der Waals surface area contributed by atoms with E-state index in [0.29, 0.717) is 11.5 Å². The van der Waals surface area contributed by atoms with Crippen molar-refractivity contribution in [3.05, 3.63) is 140 Å². The summed E-state index contributed by atoms with van der Waals surface area (Å²) < 4.78 is 13.2. The van der Waals surface area contributed by atoms with Crippen LogP contribution in [0.5, 0.6) is 11.5 Å². The van der Waals surface area contributed by atoms with Gasteiger partial charge in [-0.2, -0.15) is 0 Å². The normalized spacial score (nSPS) is 13.7. The zero-order valence-electron chi connectivity index (χ0n) is 53.6. The zero-order chi connectivity index (χ0) is 59.2. The van der Waals surface area contributed by atoms with Crippen LogP contribution in [0, 0.1) is 27.7 Å². The topological polar surface area (TPSA) is 58.9 Å². The Morgan fingerprint density at radius 2 is 0.513 bits per heavy atom. The molecule has 0 saturated heterocycles. The maximum Gasteiger partial charge on any atom is 0.212 e. The lowest BCUT2D eigenvalue weighted by Gasteiger charge is -2.37. The number of benzene rings is 6. The molecule has 0 aliphatic heterocycles. The van der Waals surface area contributed by atoms with Crippen LogP contribution in [0.2, 0.25) is 0 Å². The summed E-state index contributed by atoms with van der Waals surface area (Å²) in [5.41, 5.74) is 23.6. The molecule has 78 heavy (non-hydrogen) atoms. The number of hydrogen-bond donors (Lipinski definition) is 2. The Bertz CT molecular complexity index is 3030. The minimum absolute atomic E-state index is 0.132. The average molecular weight is 1090 g/mol. The van der Waals surface area contributed by atoms with Crippen molar-refractivity contribution in [2.75, 3.05) is 0 Å². The van der Waals surface area contributed by atoms with Gasteiger partial charge in [0.05, 0.1) is 0 Å². The summed E-state index contributed by atoms with van der Waals surface area (Å²) in [6.07, 6.45) is 0. The molecule has 6 rings (SSSR count). The highest BCUT2D eigenvalue weighted by atomic mass is 31.1. The van der Waals surface area contributed by atoms with E-state index in [4.69, 9.17) is 9.05 Å². The van der Waals surface area contributed by atoms with E-state index in [-0.39, 0.29) is 43.3 Å². The molecule has 0 aromatic heterocycles.